The van der Waals surface area contributed by atoms with E-state index >= 15 is 0 Å². The molecule has 24 heavy (non-hydrogen) atoms. The van der Waals surface area contributed by atoms with E-state index in [4.69, 9.17) is 9.47 Å². The number of nitrogens with one attached hydrogen (secondary N) is 1. The van der Waals surface area contributed by atoms with Crippen molar-refractivity contribution in [2.75, 3.05) is 14.2 Å². The maximum Gasteiger partial charge on any atom is 0.224 e. The molecule has 0 saturated heterocycles. The van der Waals surface area contributed by atoms with Crippen molar-refractivity contribution in [3.63, 3.8) is 0 Å². The Bertz CT molecular complexity index is 725. The first kappa shape index (κ1) is 17.9. The number of benzene rings is 2. The van der Waals surface area contributed by atoms with Crippen molar-refractivity contribution in [1.29, 1.82) is 0 Å². The zero-order valence-electron chi connectivity index (χ0n) is 15.0. The van der Waals surface area contributed by atoms with Crippen LogP contribution in [0.4, 0.5) is 0 Å². The van der Waals surface area contributed by atoms with Crippen LogP contribution >= 0.6 is 0 Å². The van der Waals surface area contributed by atoms with Gasteiger partial charge in [0.05, 0.1) is 26.7 Å². The number of carbonyl (C=O) groups is 1. The average molecular weight is 327 g/mol. The lowest BCUT2D eigenvalue weighted by Gasteiger charge is -2.18. The number of hydrogen-bond donors (Lipinski definition) is 1. The first-order chi connectivity index (χ1) is 11.4. The Balaban J connectivity index is 2.12. The summed E-state index contributed by atoms with van der Waals surface area (Å²) in [5.74, 6) is 1.46. The first-order valence-corrected chi connectivity index (χ1v) is 8.02. The summed E-state index contributed by atoms with van der Waals surface area (Å²) in [5, 5.41) is 3.04. The quantitative estimate of drug-likeness (QED) is 0.879. The first-order valence-electron chi connectivity index (χ1n) is 8.02. The van der Waals surface area contributed by atoms with Crippen molar-refractivity contribution in [3.8, 4) is 11.5 Å². The molecule has 0 bridgehead atoms. The zero-order valence-corrected chi connectivity index (χ0v) is 15.0. The van der Waals surface area contributed by atoms with E-state index in [0.717, 1.165) is 33.8 Å². The van der Waals surface area contributed by atoms with Gasteiger partial charge in [0, 0.05) is 5.56 Å². The average Bonchev–Trinajstić information content (AvgIpc) is 2.57. The molecule has 0 aromatic heterocycles. The van der Waals surface area contributed by atoms with Crippen LogP contribution in [0.25, 0.3) is 0 Å². The number of amides is 1. The highest BCUT2D eigenvalue weighted by atomic mass is 16.5. The molecule has 0 aliphatic carbocycles. The standard InChI is InChI=1S/C20H25NO3/c1-13-6-7-14(2)16(10-13)11-20(22)21-15(3)18-12-17(23-4)8-9-19(18)24-5/h6-10,12,15H,11H2,1-5H3,(H,21,22)/t15-/m1/s1. The second-order valence-electron chi connectivity index (χ2n) is 6.00. The van der Waals surface area contributed by atoms with E-state index in [9.17, 15) is 4.79 Å². The second-order valence-corrected chi connectivity index (χ2v) is 6.00. The van der Waals surface area contributed by atoms with Crippen molar-refractivity contribution < 1.29 is 14.3 Å². The van der Waals surface area contributed by atoms with Gasteiger partial charge in [-0.05, 0) is 50.1 Å². The largest absolute Gasteiger partial charge is 0.497 e. The molecule has 0 unspecified atom stereocenters. The predicted octanol–water partition coefficient (Wildman–Crippen LogP) is 3.74. The number of carbonyl (C=O) groups excluding carboxylic acids is 1. The van der Waals surface area contributed by atoms with Crippen molar-refractivity contribution >= 4 is 5.91 Å². The minimum atomic E-state index is -0.173. The van der Waals surface area contributed by atoms with Gasteiger partial charge in [0.2, 0.25) is 5.91 Å². The Kier molecular flexibility index (Phi) is 5.85. The lowest BCUT2D eigenvalue weighted by molar-refractivity contribution is -0.121. The number of hydrogen-bond acceptors (Lipinski definition) is 3. The minimum absolute atomic E-state index is 0.0129. The fourth-order valence-electron chi connectivity index (χ4n) is 2.71. The maximum absolute atomic E-state index is 12.4. The summed E-state index contributed by atoms with van der Waals surface area (Å²) in [7, 11) is 3.24. The molecule has 128 valence electrons. The van der Waals surface area contributed by atoms with Gasteiger partial charge in [-0.2, -0.15) is 0 Å². The number of methoxy groups -OCH3 is 2. The lowest BCUT2D eigenvalue weighted by Crippen LogP contribution is -2.28. The monoisotopic (exact) mass is 327 g/mol. The number of rotatable bonds is 6. The minimum Gasteiger partial charge on any atom is -0.497 e. The molecule has 4 nitrogen and oxygen atoms in total. The summed E-state index contributed by atoms with van der Waals surface area (Å²) in [6.07, 6.45) is 0.365. The van der Waals surface area contributed by atoms with E-state index in [1.54, 1.807) is 14.2 Å². The van der Waals surface area contributed by atoms with Crippen LogP contribution in [0, 0.1) is 13.8 Å². The molecular weight excluding hydrogens is 302 g/mol. The van der Waals surface area contributed by atoms with E-state index < -0.39 is 0 Å². The van der Waals surface area contributed by atoms with E-state index in [-0.39, 0.29) is 11.9 Å². The summed E-state index contributed by atoms with van der Waals surface area (Å²) in [6, 6.07) is 11.6. The third kappa shape index (κ3) is 4.28. The summed E-state index contributed by atoms with van der Waals surface area (Å²) >= 11 is 0. The normalized spacial score (nSPS) is 11.7. The molecule has 0 spiro atoms. The molecule has 4 heteroatoms. The van der Waals surface area contributed by atoms with E-state index in [1.807, 2.05) is 45.0 Å². The second kappa shape index (κ2) is 7.86. The van der Waals surface area contributed by atoms with Crippen LogP contribution in [0.3, 0.4) is 0 Å². The number of ether oxygens (including phenoxy) is 2. The smallest absolute Gasteiger partial charge is 0.224 e. The van der Waals surface area contributed by atoms with Crippen LogP contribution in [0.5, 0.6) is 11.5 Å². The van der Waals surface area contributed by atoms with Gasteiger partial charge in [0.25, 0.3) is 0 Å². The highest BCUT2D eigenvalue weighted by Gasteiger charge is 2.16. The van der Waals surface area contributed by atoms with Gasteiger partial charge >= 0.3 is 0 Å². The third-order valence-corrected chi connectivity index (χ3v) is 4.14. The molecule has 1 N–H and O–H groups in total. The van der Waals surface area contributed by atoms with Crippen molar-refractivity contribution in [1.82, 2.24) is 5.32 Å². The Hall–Kier alpha value is -2.49. The summed E-state index contributed by atoms with van der Waals surface area (Å²) in [4.78, 5) is 12.4. The van der Waals surface area contributed by atoms with Crippen molar-refractivity contribution in [2.45, 2.75) is 33.2 Å². The van der Waals surface area contributed by atoms with Crippen LogP contribution in [0.2, 0.25) is 0 Å². The van der Waals surface area contributed by atoms with E-state index in [2.05, 4.69) is 17.4 Å². The molecule has 0 aliphatic heterocycles. The predicted molar refractivity (Wildman–Crippen MR) is 95.7 cm³/mol. The van der Waals surface area contributed by atoms with Crippen LogP contribution in [-0.2, 0) is 11.2 Å². The van der Waals surface area contributed by atoms with Gasteiger partial charge in [0.1, 0.15) is 11.5 Å². The van der Waals surface area contributed by atoms with Crippen LogP contribution < -0.4 is 14.8 Å². The van der Waals surface area contributed by atoms with Gasteiger partial charge in [0.15, 0.2) is 0 Å². The molecule has 1 amide bonds. The molecule has 0 aliphatic rings. The van der Waals surface area contributed by atoms with Gasteiger partial charge in [-0.15, -0.1) is 0 Å². The summed E-state index contributed by atoms with van der Waals surface area (Å²) in [5.41, 5.74) is 4.23. The van der Waals surface area contributed by atoms with E-state index in [0.29, 0.717) is 6.42 Å². The zero-order chi connectivity index (χ0) is 17.7. The van der Waals surface area contributed by atoms with E-state index in [1.165, 1.54) is 0 Å². The molecular formula is C20H25NO3. The molecule has 0 radical (unpaired) electrons. The van der Waals surface area contributed by atoms with Crippen molar-refractivity contribution in [2.24, 2.45) is 0 Å². The Morgan fingerprint density at radius 1 is 1.08 bits per heavy atom. The van der Waals surface area contributed by atoms with Crippen LogP contribution in [-0.4, -0.2) is 20.1 Å². The van der Waals surface area contributed by atoms with Crippen molar-refractivity contribution in [3.05, 3.63) is 58.7 Å². The molecule has 0 fully saturated rings. The maximum atomic E-state index is 12.4. The van der Waals surface area contributed by atoms with Gasteiger partial charge in [-0.3, -0.25) is 4.79 Å². The highest BCUT2D eigenvalue weighted by Crippen LogP contribution is 2.29. The Labute approximate surface area is 143 Å². The Morgan fingerprint density at radius 2 is 1.83 bits per heavy atom. The molecule has 0 saturated carbocycles. The highest BCUT2D eigenvalue weighted by molar-refractivity contribution is 5.79. The topological polar surface area (TPSA) is 47.6 Å². The van der Waals surface area contributed by atoms with Gasteiger partial charge in [-0.1, -0.05) is 23.8 Å². The SMILES string of the molecule is COc1ccc(OC)c([C@@H](C)NC(=O)Cc2cc(C)ccc2C)c1. The lowest BCUT2D eigenvalue weighted by atomic mass is 10.0. The summed E-state index contributed by atoms with van der Waals surface area (Å²) in [6.45, 7) is 6.00. The molecule has 0 heterocycles. The fraction of sp³-hybridized carbons (Fsp3) is 0.350. The fourth-order valence-corrected chi connectivity index (χ4v) is 2.71. The molecule has 2 aromatic carbocycles. The summed E-state index contributed by atoms with van der Waals surface area (Å²) < 4.78 is 10.7. The van der Waals surface area contributed by atoms with Gasteiger partial charge in [-0.25, -0.2) is 0 Å². The molecule has 2 aromatic rings. The Morgan fingerprint density at radius 3 is 2.50 bits per heavy atom. The molecule has 2 rings (SSSR count). The molecule has 1 atom stereocenters. The third-order valence-electron chi connectivity index (χ3n) is 4.14. The number of aryl methyl sites for hydroxylation is 2. The van der Waals surface area contributed by atoms with Crippen LogP contribution in [0.15, 0.2) is 36.4 Å². The van der Waals surface area contributed by atoms with Crippen LogP contribution in [0.1, 0.15) is 35.2 Å². The van der Waals surface area contributed by atoms with Gasteiger partial charge < -0.3 is 14.8 Å².